The van der Waals surface area contributed by atoms with Gasteiger partial charge in [0.05, 0.1) is 5.69 Å². The van der Waals surface area contributed by atoms with Gasteiger partial charge in [0.2, 0.25) is 0 Å². The average molecular weight is 195 g/mol. The number of H-pyrrole nitrogens is 1. The lowest BCUT2D eigenvalue weighted by atomic mass is 10.3. The van der Waals surface area contributed by atoms with Crippen LogP contribution in [0.5, 0.6) is 0 Å². The number of hydrogen-bond donors (Lipinski definition) is 4. The Balaban J connectivity index is 2.25. The summed E-state index contributed by atoms with van der Waals surface area (Å²) in [5, 5.41) is 6.17. The van der Waals surface area contributed by atoms with Gasteiger partial charge in [0.25, 0.3) is 0 Å². The van der Waals surface area contributed by atoms with Gasteiger partial charge in [0.1, 0.15) is 0 Å². The molecule has 0 aromatic carbocycles. The SMILES string of the molecule is NC1=N[C@@H](c2ccc[nH]2)NC(=S)N1. The Morgan fingerprint density at radius 2 is 2.38 bits per heavy atom. The summed E-state index contributed by atoms with van der Waals surface area (Å²) in [6, 6.07) is 3.82. The van der Waals surface area contributed by atoms with E-state index in [1.807, 2.05) is 18.3 Å². The second kappa shape index (κ2) is 3.06. The molecule has 13 heavy (non-hydrogen) atoms. The van der Waals surface area contributed by atoms with E-state index in [0.717, 1.165) is 5.69 Å². The minimum Gasteiger partial charge on any atom is -0.370 e. The van der Waals surface area contributed by atoms with Crippen LogP contribution in [0, 0.1) is 0 Å². The second-order valence-electron chi connectivity index (χ2n) is 2.64. The average Bonchev–Trinajstić information content (AvgIpc) is 2.53. The quantitative estimate of drug-likeness (QED) is 0.468. The van der Waals surface area contributed by atoms with Crippen molar-refractivity contribution in [3.63, 3.8) is 0 Å². The molecule has 68 valence electrons. The molecule has 1 aliphatic rings. The molecule has 5 N–H and O–H groups in total. The van der Waals surface area contributed by atoms with Crippen molar-refractivity contribution in [3.8, 4) is 0 Å². The van der Waals surface area contributed by atoms with Crippen LogP contribution in [0.1, 0.15) is 11.9 Å². The van der Waals surface area contributed by atoms with E-state index >= 15 is 0 Å². The largest absolute Gasteiger partial charge is 0.370 e. The molecule has 2 rings (SSSR count). The van der Waals surface area contributed by atoms with Crippen molar-refractivity contribution >= 4 is 23.3 Å². The van der Waals surface area contributed by atoms with Crippen LogP contribution in [0.3, 0.4) is 0 Å². The molecule has 2 heterocycles. The number of aromatic nitrogens is 1. The zero-order valence-corrected chi connectivity index (χ0v) is 7.56. The third kappa shape index (κ3) is 1.62. The van der Waals surface area contributed by atoms with Gasteiger partial charge in [-0.1, -0.05) is 0 Å². The summed E-state index contributed by atoms with van der Waals surface area (Å²) in [4.78, 5) is 7.16. The molecule has 0 aliphatic carbocycles. The Morgan fingerprint density at radius 3 is 3.00 bits per heavy atom. The maximum Gasteiger partial charge on any atom is 0.197 e. The van der Waals surface area contributed by atoms with Crippen molar-refractivity contribution < 1.29 is 0 Å². The van der Waals surface area contributed by atoms with E-state index in [4.69, 9.17) is 18.0 Å². The van der Waals surface area contributed by atoms with Crippen molar-refractivity contribution in [1.82, 2.24) is 15.6 Å². The van der Waals surface area contributed by atoms with Crippen molar-refractivity contribution in [2.75, 3.05) is 0 Å². The van der Waals surface area contributed by atoms with Crippen molar-refractivity contribution in [3.05, 3.63) is 24.0 Å². The van der Waals surface area contributed by atoms with Gasteiger partial charge in [-0.05, 0) is 24.4 Å². The fraction of sp³-hybridized carbons (Fsp3) is 0.143. The first-order chi connectivity index (χ1) is 6.25. The molecule has 0 bridgehead atoms. The van der Waals surface area contributed by atoms with Gasteiger partial charge in [0, 0.05) is 6.20 Å². The van der Waals surface area contributed by atoms with Crippen LogP contribution in [0.4, 0.5) is 0 Å². The predicted molar refractivity (Wildman–Crippen MR) is 54.0 cm³/mol. The molecule has 1 aromatic rings. The Hall–Kier alpha value is -1.56. The van der Waals surface area contributed by atoms with Gasteiger partial charge in [-0.25, -0.2) is 4.99 Å². The van der Waals surface area contributed by atoms with E-state index in [9.17, 15) is 0 Å². The molecule has 1 atom stereocenters. The second-order valence-corrected chi connectivity index (χ2v) is 3.05. The van der Waals surface area contributed by atoms with Gasteiger partial charge in [-0.2, -0.15) is 0 Å². The first-order valence-corrected chi connectivity index (χ1v) is 4.20. The minimum absolute atomic E-state index is 0.205. The molecule has 0 amide bonds. The van der Waals surface area contributed by atoms with Crippen LogP contribution in [0.15, 0.2) is 23.3 Å². The molecule has 1 aliphatic heterocycles. The first kappa shape index (κ1) is 8.06. The Morgan fingerprint density at radius 1 is 1.54 bits per heavy atom. The van der Waals surface area contributed by atoms with Crippen LogP contribution in [0.2, 0.25) is 0 Å². The van der Waals surface area contributed by atoms with E-state index in [1.54, 1.807) is 0 Å². The Labute approximate surface area is 80.4 Å². The third-order valence-corrected chi connectivity index (χ3v) is 1.91. The molecule has 0 spiro atoms. The molecule has 0 saturated heterocycles. The zero-order chi connectivity index (χ0) is 9.26. The maximum absolute atomic E-state index is 5.52. The van der Waals surface area contributed by atoms with E-state index in [-0.39, 0.29) is 6.17 Å². The fourth-order valence-corrected chi connectivity index (χ4v) is 1.36. The molecule has 1 aromatic heterocycles. The highest BCUT2D eigenvalue weighted by atomic mass is 32.1. The summed E-state index contributed by atoms with van der Waals surface area (Å²) in [7, 11) is 0. The summed E-state index contributed by atoms with van der Waals surface area (Å²) >= 11 is 4.94. The van der Waals surface area contributed by atoms with Gasteiger partial charge in [-0.15, -0.1) is 0 Å². The smallest absolute Gasteiger partial charge is 0.197 e. The van der Waals surface area contributed by atoms with Crippen molar-refractivity contribution in [2.24, 2.45) is 10.7 Å². The number of nitrogens with two attached hydrogens (primary N) is 1. The third-order valence-electron chi connectivity index (χ3n) is 1.69. The number of aromatic amines is 1. The lowest BCUT2D eigenvalue weighted by molar-refractivity contribution is 0.644. The molecule has 0 saturated carbocycles. The van der Waals surface area contributed by atoms with E-state index < -0.39 is 0 Å². The number of guanidine groups is 1. The standard InChI is InChI=1S/C7H9N5S/c8-6-10-5(11-7(13)12-6)4-2-1-3-9-4/h1-3,5,9H,(H4,8,10,11,12,13)/t5-/m1/s1. The highest BCUT2D eigenvalue weighted by molar-refractivity contribution is 7.80. The number of rotatable bonds is 1. The zero-order valence-electron chi connectivity index (χ0n) is 6.74. The van der Waals surface area contributed by atoms with Gasteiger partial charge >= 0.3 is 0 Å². The normalized spacial score (nSPS) is 21.7. The highest BCUT2D eigenvalue weighted by Gasteiger charge is 2.17. The van der Waals surface area contributed by atoms with Crippen molar-refractivity contribution in [1.29, 1.82) is 0 Å². The summed E-state index contributed by atoms with van der Waals surface area (Å²) in [6.07, 6.45) is 1.62. The molecule has 5 nitrogen and oxygen atoms in total. The minimum atomic E-state index is -0.205. The maximum atomic E-state index is 5.52. The summed E-state index contributed by atoms with van der Waals surface area (Å²) in [5.74, 6) is 0.336. The van der Waals surface area contributed by atoms with Gasteiger partial charge < -0.3 is 21.4 Å². The molecular weight excluding hydrogens is 186 g/mol. The number of thiocarbonyl (C=S) groups is 1. The molecule has 0 radical (unpaired) electrons. The van der Waals surface area contributed by atoms with Gasteiger partial charge in [-0.3, -0.25) is 0 Å². The molecular formula is C7H9N5S. The first-order valence-electron chi connectivity index (χ1n) is 3.80. The van der Waals surface area contributed by atoms with E-state index in [1.165, 1.54) is 0 Å². The molecule has 6 heteroatoms. The Bertz CT molecular complexity index is 342. The van der Waals surface area contributed by atoms with Crippen LogP contribution >= 0.6 is 12.2 Å². The number of aliphatic imine (C=N–C) groups is 1. The fourth-order valence-electron chi connectivity index (χ4n) is 1.14. The number of nitrogens with zero attached hydrogens (tertiary/aromatic N) is 1. The highest BCUT2D eigenvalue weighted by Crippen LogP contribution is 2.12. The Kier molecular flexibility index (Phi) is 1.90. The number of nitrogens with one attached hydrogen (secondary N) is 3. The number of hydrogen-bond acceptors (Lipinski definition) is 3. The van der Waals surface area contributed by atoms with Crippen LogP contribution in [-0.2, 0) is 0 Å². The lowest BCUT2D eigenvalue weighted by Gasteiger charge is -2.21. The predicted octanol–water partition coefficient (Wildman–Crippen LogP) is -0.194. The monoisotopic (exact) mass is 195 g/mol. The van der Waals surface area contributed by atoms with E-state index in [2.05, 4.69) is 20.6 Å². The summed E-state index contributed by atoms with van der Waals surface area (Å²) in [6.45, 7) is 0. The van der Waals surface area contributed by atoms with Crippen LogP contribution in [-0.4, -0.2) is 16.1 Å². The molecule has 0 unspecified atom stereocenters. The molecule has 0 fully saturated rings. The topological polar surface area (TPSA) is 78.2 Å². The summed E-state index contributed by atoms with van der Waals surface area (Å²) in [5.41, 5.74) is 6.46. The lowest BCUT2D eigenvalue weighted by Crippen LogP contribution is -2.49. The van der Waals surface area contributed by atoms with Crippen molar-refractivity contribution in [2.45, 2.75) is 6.17 Å². The van der Waals surface area contributed by atoms with E-state index in [0.29, 0.717) is 11.1 Å². The van der Waals surface area contributed by atoms with Crippen LogP contribution in [0.25, 0.3) is 0 Å². The van der Waals surface area contributed by atoms with Gasteiger partial charge in [0.15, 0.2) is 17.2 Å². The van der Waals surface area contributed by atoms with Crippen LogP contribution < -0.4 is 16.4 Å². The summed E-state index contributed by atoms with van der Waals surface area (Å²) < 4.78 is 0.